The summed E-state index contributed by atoms with van der Waals surface area (Å²) in [5.41, 5.74) is 0.265. The zero-order chi connectivity index (χ0) is 14.8. The number of rotatable bonds is 3. The molecule has 3 fully saturated rings. The SMILES string of the molecule is c1cnc(N2CCOC[C@@]3(CCCN(CC4CC4)C3)C2)cn1. The first-order valence-electron chi connectivity index (χ1n) is 8.64. The minimum absolute atomic E-state index is 0.265. The minimum Gasteiger partial charge on any atom is -0.379 e. The molecule has 2 aliphatic heterocycles. The standard InChI is InChI=1S/C17H26N4O/c1-4-17(12-20(7-1)11-15-2-3-15)13-21(8-9-22-14-17)16-10-18-5-6-19-16/h5-6,10,15H,1-4,7-9,11-14H2/t17-/m1/s1. The first-order valence-corrected chi connectivity index (χ1v) is 8.64. The summed E-state index contributed by atoms with van der Waals surface area (Å²) in [4.78, 5) is 13.8. The van der Waals surface area contributed by atoms with Crippen molar-refractivity contribution in [2.45, 2.75) is 25.7 Å². The Morgan fingerprint density at radius 3 is 3.00 bits per heavy atom. The molecule has 1 spiro atoms. The number of nitrogens with zero attached hydrogens (tertiary/aromatic N) is 4. The van der Waals surface area contributed by atoms with Gasteiger partial charge in [0.2, 0.25) is 0 Å². The molecule has 1 aliphatic carbocycles. The number of aromatic nitrogens is 2. The van der Waals surface area contributed by atoms with E-state index in [1.807, 2.05) is 6.20 Å². The first kappa shape index (κ1) is 14.4. The Morgan fingerprint density at radius 1 is 1.23 bits per heavy atom. The average molecular weight is 302 g/mol. The third kappa shape index (κ3) is 3.25. The van der Waals surface area contributed by atoms with Crippen LogP contribution in [0.4, 0.5) is 5.82 Å². The minimum atomic E-state index is 0.265. The van der Waals surface area contributed by atoms with E-state index in [0.717, 1.165) is 38.0 Å². The predicted molar refractivity (Wildman–Crippen MR) is 85.9 cm³/mol. The van der Waals surface area contributed by atoms with Crippen LogP contribution in [0.25, 0.3) is 0 Å². The molecule has 3 aliphatic rings. The summed E-state index contributed by atoms with van der Waals surface area (Å²) in [5, 5.41) is 0. The van der Waals surface area contributed by atoms with Crippen LogP contribution < -0.4 is 4.90 Å². The van der Waals surface area contributed by atoms with Gasteiger partial charge >= 0.3 is 0 Å². The van der Waals surface area contributed by atoms with Gasteiger partial charge in [-0.05, 0) is 38.1 Å². The fourth-order valence-electron chi connectivity index (χ4n) is 4.02. The Balaban J connectivity index is 1.49. The zero-order valence-electron chi connectivity index (χ0n) is 13.3. The Morgan fingerprint density at radius 2 is 2.18 bits per heavy atom. The predicted octanol–water partition coefficient (Wildman–Crippen LogP) is 1.81. The molecule has 1 aromatic heterocycles. The van der Waals surface area contributed by atoms with E-state index in [-0.39, 0.29) is 5.41 Å². The Labute approximate surface area is 132 Å². The van der Waals surface area contributed by atoms with Gasteiger partial charge in [-0.1, -0.05) is 0 Å². The summed E-state index contributed by atoms with van der Waals surface area (Å²) in [6.07, 6.45) is 10.8. The van der Waals surface area contributed by atoms with Gasteiger partial charge in [0.15, 0.2) is 0 Å². The van der Waals surface area contributed by atoms with Crippen LogP contribution in [0.15, 0.2) is 18.6 Å². The van der Waals surface area contributed by atoms with E-state index in [2.05, 4.69) is 19.8 Å². The second-order valence-corrected chi connectivity index (χ2v) is 7.32. The number of likely N-dealkylation sites (tertiary alicyclic amines) is 1. The van der Waals surface area contributed by atoms with E-state index in [4.69, 9.17) is 4.74 Å². The third-order valence-electron chi connectivity index (χ3n) is 5.27. The van der Waals surface area contributed by atoms with Crippen molar-refractivity contribution in [1.82, 2.24) is 14.9 Å². The van der Waals surface area contributed by atoms with Gasteiger partial charge in [-0.2, -0.15) is 0 Å². The maximum absolute atomic E-state index is 5.99. The molecule has 0 N–H and O–H groups in total. The maximum Gasteiger partial charge on any atom is 0.147 e. The van der Waals surface area contributed by atoms with Crippen LogP contribution >= 0.6 is 0 Å². The average Bonchev–Trinajstić information content (AvgIpc) is 3.37. The highest BCUT2D eigenvalue weighted by atomic mass is 16.5. The van der Waals surface area contributed by atoms with E-state index < -0.39 is 0 Å². The van der Waals surface area contributed by atoms with Gasteiger partial charge in [-0.25, -0.2) is 4.98 Å². The summed E-state index contributed by atoms with van der Waals surface area (Å²) in [7, 11) is 0. The molecule has 0 aromatic carbocycles. The van der Waals surface area contributed by atoms with E-state index in [9.17, 15) is 0 Å². The van der Waals surface area contributed by atoms with Crippen LogP contribution in [0.5, 0.6) is 0 Å². The van der Waals surface area contributed by atoms with Crippen LogP contribution in [-0.2, 0) is 4.74 Å². The van der Waals surface area contributed by atoms with Crippen molar-refractivity contribution in [1.29, 1.82) is 0 Å². The maximum atomic E-state index is 5.99. The van der Waals surface area contributed by atoms with Gasteiger partial charge in [-0.3, -0.25) is 4.98 Å². The fourth-order valence-corrected chi connectivity index (χ4v) is 4.02. The molecule has 0 unspecified atom stereocenters. The molecular weight excluding hydrogens is 276 g/mol. The highest BCUT2D eigenvalue weighted by Crippen LogP contribution is 2.37. The fraction of sp³-hybridized carbons (Fsp3) is 0.765. The molecule has 3 heterocycles. The largest absolute Gasteiger partial charge is 0.379 e. The van der Waals surface area contributed by atoms with Crippen LogP contribution in [-0.4, -0.2) is 60.8 Å². The number of hydrogen-bond donors (Lipinski definition) is 0. The summed E-state index contributed by atoms with van der Waals surface area (Å²) in [6, 6.07) is 0. The molecule has 0 radical (unpaired) electrons. The second kappa shape index (κ2) is 6.13. The Bertz CT molecular complexity index is 493. The molecule has 5 heteroatoms. The molecular formula is C17H26N4O. The van der Waals surface area contributed by atoms with Gasteiger partial charge < -0.3 is 14.5 Å². The summed E-state index contributed by atoms with van der Waals surface area (Å²) in [6.45, 7) is 7.40. The van der Waals surface area contributed by atoms with E-state index in [1.54, 1.807) is 12.4 Å². The third-order valence-corrected chi connectivity index (χ3v) is 5.27. The quantitative estimate of drug-likeness (QED) is 0.852. The van der Waals surface area contributed by atoms with E-state index >= 15 is 0 Å². The normalized spacial score (nSPS) is 30.5. The molecule has 1 saturated carbocycles. The molecule has 0 amide bonds. The smallest absolute Gasteiger partial charge is 0.147 e. The lowest BCUT2D eigenvalue weighted by Gasteiger charge is -2.43. The van der Waals surface area contributed by atoms with Crippen molar-refractivity contribution in [2.75, 3.05) is 50.8 Å². The summed E-state index contributed by atoms with van der Waals surface area (Å²) in [5.74, 6) is 1.96. The molecule has 1 aromatic rings. The summed E-state index contributed by atoms with van der Waals surface area (Å²) >= 11 is 0. The molecule has 1 atom stereocenters. The van der Waals surface area contributed by atoms with Crippen molar-refractivity contribution in [3.8, 4) is 0 Å². The topological polar surface area (TPSA) is 41.5 Å². The van der Waals surface area contributed by atoms with Gasteiger partial charge in [-0.15, -0.1) is 0 Å². The Kier molecular flexibility index (Phi) is 4.01. The summed E-state index contributed by atoms with van der Waals surface area (Å²) < 4.78 is 5.99. The van der Waals surface area contributed by atoms with Gasteiger partial charge in [0, 0.05) is 44.0 Å². The molecule has 22 heavy (non-hydrogen) atoms. The molecule has 120 valence electrons. The van der Waals surface area contributed by atoms with Crippen molar-refractivity contribution in [3.05, 3.63) is 18.6 Å². The lowest BCUT2D eigenvalue weighted by Crippen LogP contribution is -2.51. The number of piperidine rings is 1. The zero-order valence-corrected chi connectivity index (χ0v) is 13.3. The van der Waals surface area contributed by atoms with Gasteiger partial charge in [0.05, 0.1) is 19.4 Å². The Hall–Kier alpha value is -1.20. The van der Waals surface area contributed by atoms with Crippen molar-refractivity contribution < 1.29 is 4.74 Å². The van der Waals surface area contributed by atoms with Crippen LogP contribution in [0.3, 0.4) is 0 Å². The second-order valence-electron chi connectivity index (χ2n) is 7.32. The van der Waals surface area contributed by atoms with Crippen LogP contribution in [0, 0.1) is 11.3 Å². The molecule has 4 rings (SSSR count). The number of hydrogen-bond acceptors (Lipinski definition) is 5. The lowest BCUT2D eigenvalue weighted by molar-refractivity contribution is 0.0119. The van der Waals surface area contributed by atoms with Crippen molar-refractivity contribution in [3.63, 3.8) is 0 Å². The first-order chi connectivity index (χ1) is 10.8. The van der Waals surface area contributed by atoms with E-state index in [0.29, 0.717) is 0 Å². The van der Waals surface area contributed by atoms with Gasteiger partial charge in [0.25, 0.3) is 0 Å². The van der Waals surface area contributed by atoms with Crippen molar-refractivity contribution >= 4 is 5.82 Å². The van der Waals surface area contributed by atoms with Crippen LogP contribution in [0.2, 0.25) is 0 Å². The highest BCUT2D eigenvalue weighted by Gasteiger charge is 2.40. The molecule has 2 saturated heterocycles. The number of anilines is 1. The lowest BCUT2D eigenvalue weighted by atomic mass is 9.80. The van der Waals surface area contributed by atoms with E-state index in [1.165, 1.54) is 45.3 Å². The molecule has 0 bridgehead atoms. The van der Waals surface area contributed by atoms with Crippen molar-refractivity contribution in [2.24, 2.45) is 11.3 Å². The number of ether oxygens (including phenoxy) is 1. The monoisotopic (exact) mass is 302 g/mol. The molecule has 5 nitrogen and oxygen atoms in total. The van der Waals surface area contributed by atoms with Crippen LogP contribution in [0.1, 0.15) is 25.7 Å². The highest BCUT2D eigenvalue weighted by molar-refractivity contribution is 5.36. The van der Waals surface area contributed by atoms with Gasteiger partial charge in [0.1, 0.15) is 5.82 Å².